The van der Waals surface area contributed by atoms with Gasteiger partial charge in [0.25, 0.3) is 5.69 Å². The molecule has 0 unspecified atom stereocenters. The summed E-state index contributed by atoms with van der Waals surface area (Å²) < 4.78 is 0.953. The quantitative estimate of drug-likeness (QED) is 0.315. The second-order valence-corrected chi connectivity index (χ2v) is 5.57. The van der Waals surface area contributed by atoms with E-state index in [4.69, 9.17) is 0 Å². The van der Waals surface area contributed by atoms with E-state index in [0.717, 1.165) is 10.2 Å². The van der Waals surface area contributed by atoms with Crippen molar-refractivity contribution in [2.45, 2.75) is 0 Å². The lowest BCUT2D eigenvalue weighted by molar-refractivity contribution is -0.384. The molecule has 0 aliphatic heterocycles. The van der Waals surface area contributed by atoms with Crippen LogP contribution in [0.25, 0.3) is 16.3 Å². The topological polar surface area (TPSA) is 73.1 Å². The van der Waals surface area contributed by atoms with Crippen molar-refractivity contribution in [2.75, 3.05) is 0 Å². The number of hydrogen-bond donors (Lipinski definition) is 0. The molecule has 6 heteroatoms. The van der Waals surface area contributed by atoms with Gasteiger partial charge in [0.05, 0.1) is 15.1 Å². The van der Waals surface area contributed by atoms with Crippen molar-refractivity contribution in [2.24, 2.45) is 0 Å². The molecule has 5 nitrogen and oxygen atoms in total. The number of hydrogen-bond acceptors (Lipinski definition) is 5. The lowest BCUT2D eigenvalue weighted by Gasteiger charge is -1.93. The van der Waals surface area contributed by atoms with Crippen LogP contribution in [0, 0.1) is 10.1 Å². The Morgan fingerprint density at radius 2 is 2.00 bits per heavy atom. The number of ketones is 1. The monoisotopic (exact) mass is 310 g/mol. The summed E-state index contributed by atoms with van der Waals surface area (Å²) in [5.41, 5.74) is 1.39. The maximum Gasteiger partial charge on any atom is 0.270 e. The molecular weight excluding hydrogens is 300 g/mol. The Morgan fingerprint density at radius 3 is 2.77 bits per heavy atom. The fourth-order valence-electron chi connectivity index (χ4n) is 1.96. The van der Waals surface area contributed by atoms with Gasteiger partial charge in [-0.3, -0.25) is 14.9 Å². The fourth-order valence-corrected chi connectivity index (χ4v) is 2.85. The Balaban J connectivity index is 1.84. The summed E-state index contributed by atoms with van der Waals surface area (Å²) in [5, 5.41) is 11.1. The van der Waals surface area contributed by atoms with E-state index < -0.39 is 4.92 Å². The summed E-state index contributed by atoms with van der Waals surface area (Å²) in [4.78, 5) is 26.7. The highest BCUT2D eigenvalue weighted by Gasteiger charge is 2.09. The molecule has 0 spiro atoms. The van der Waals surface area contributed by atoms with Crippen molar-refractivity contribution in [1.82, 2.24) is 4.98 Å². The minimum atomic E-state index is -0.466. The number of rotatable bonds is 4. The molecular formula is C16H10N2O3S. The Morgan fingerprint density at radius 1 is 1.18 bits per heavy atom. The first kappa shape index (κ1) is 14.1. The van der Waals surface area contributed by atoms with Crippen LogP contribution in [0.4, 0.5) is 5.69 Å². The number of benzene rings is 2. The molecule has 0 aliphatic carbocycles. The van der Waals surface area contributed by atoms with E-state index in [2.05, 4.69) is 4.98 Å². The van der Waals surface area contributed by atoms with Crippen LogP contribution in [0.15, 0.2) is 54.6 Å². The highest BCUT2D eigenvalue weighted by atomic mass is 32.1. The van der Waals surface area contributed by atoms with Crippen LogP contribution in [-0.4, -0.2) is 15.7 Å². The van der Waals surface area contributed by atoms with Crippen molar-refractivity contribution in [3.63, 3.8) is 0 Å². The predicted molar refractivity (Wildman–Crippen MR) is 86.1 cm³/mol. The van der Waals surface area contributed by atoms with E-state index in [1.165, 1.54) is 29.5 Å². The molecule has 108 valence electrons. The molecule has 1 aromatic heterocycles. The molecule has 0 bridgehead atoms. The molecule has 0 amide bonds. The summed E-state index contributed by atoms with van der Waals surface area (Å²) in [6.07, 6.45) is 2.94. The molecule has 0 fully saturated rings. The molecule has 3 rings (SSSR count). The largest absolute Gasteiger partial charge is 0.287 e. The van der Waals surface area contributed by atoms with Gasteiger partial charge in [0.15, 0.2) is 5.01 Å². The van der Waals surface area contributed by atoms with Crippen molar-refractivity contribution in [1.29, 1.82) is 0 Å². The number of fused-ring (bicyclic) bond motifs is 1. The zero-order chi connectivity index (χ0) is 15.5. The number of non-ortho nitro benzene ring substituents is 1. The van der Waals surface area contributed by atoms with Crippen molar-refractivity contribution in [3.05, 3.63) is 75.3 Å². The van der Waals surface area contributed by atoms with Gasteiger partial charge in [-0.05, 0) is 23.8 Å². The molecule has 0 radical (unpaired) electrons. The first-order valence-electron chi connectivity index (χ1n) is 6.46. The number of aromatic nitrogens is 1. The van der Waals surface area contributed by atoms with E-state index in [1.54, 1.807) is 18.2 Å². The number of carbonyl (C=O) groups excluding carboxylic acids is 1. The summed E-state index contributed by atoms with van der Waals surface area (Å²) in [7, 11) is 0. The second-order valence-electron chi connectivity index (χ2n) is 4.54. The van der Waals surface area contributed by atoms with Gasteiger partial charge in [-0.2, -0.15) is 0 Å². The van der Waals surface area contributed by atoms with Gasteiger partial charge in [-0.1, -0.05) is 30.3 Å². The van der Waals surface area contributed by atoms with Crippen LogP contribution in [0.2, 0.25) is 0 Å². The standard InChI is InChI=1S/C16H10N2O3S/c19-14(16-17-13-6-1-2-7-15(13)22-16)9-8-11-4-3-5-12(10-11)18(20)21/h1-10H. The summed E-state index contributed by atoms with van der Waals surface area (Å²) in [6, 6.07) is 13.6. The average molecular weight is 310 g/mol. The van der Waals surface area contributed by atoms with Gasteiger partial charge >= 0.3 is 0 Å². The van der Waals surface area contributed by atoms with Gasteiger partial charge in [0.2, 0.25) is 5.78 Å². The number of carbonyl (C=O) groups is 1. The van der Waals surface area contributed by atoms with Gasteiger partial charge in [-0.25, -0.2) is 4.98 Å². The zero-order valence-electron chi connectivity index (χ0n) is 11.3. The van der Waals surface area contributed by atoms with Gasteiger partial charge in [-0.15, -0.1) is 11.3 Å². The van der Waals surface area contributed by atoms with Crippen molar-refractivity contribution >= 4 is 39.1 Å². The Bertz CT molecular complexity index is 866. The van der Waals surface area contributed by atoms with Gasteiger partial charge < -0.3 is 0 Å². The van der Waals surface area contributed by atoms with Crippen LogP contribution in [-0.2, 0) is 0 Å². The maximum atomic E-state index is 12.1. The van der Waals surface area contributed by atoms with Crippen LogP contribution in [0.3, 0.4) is 0 Å². The van der Waals surface area contributed by atoms with E-state index in [9.17, 15) is 14.9 Å². The van der Waals surface area contributed by atoms with E-state index >= 15 is 0 Å². The van der Waals surface area contributed by atoms with E-state index in [-0.39, 0.29) is 11.5 Å². The molecule has 0 saturated heterocycles. The molecule has 22 heavy (non-hydrogen) atoms. The number of nitrogens with zero attached hydrogens (tertiary/aromatic N) is 2. The van der Waals surface area contributed by atoms with E-state index in [1.807, 2.05) is 24.3 Å². The zero-order valence-corrected chi connectivity index (χ0v) is 12.1. The molecule has 0 aliphatic rings. The Kier molecular flexibility index (Phi) is 3.76. The third kappa shape index (κ3) is 2.91. The third-order valence-electron chi connectivity index (χ3n) is 3.01. The van der Waals surface area contributed by atoms with Crippen LogP contribution >= 0.6 is 11.3 Å². The van der Waals surface area contributed by atoms with Crippen molar-refractivity contribution in [3.8, 4) is 0 Å². The predicted octanol–water partition coefficient (Wildman–Crippen LogP) is 4.10. The second kappa shape index (κ2) is 5.87. The lowest BCUT2D eigenvalue weighted by atomic mass is 10.2. The SMILES string of the molecule is O=C(C=Cc1cccc([N+](=O)[O-])c1)c1nc2ccccc2s1. The summed E-state index contributed by atoms with van der Waals surface area (Å²) in [6.45, 7) is 0. The summed E-state index contributed by atoms with van der Waals surface area (Å²) >= 11 is 1.33. The number of para-hydroxylation sites is 1. The number of nitro groups is 1. The smallest absolute Gasteiger partial charge is 0.270 e. The van der Waals surface area contributed by atoms with E-state index in [0.29, 0.717) is 10.6 Å². The number of allylic oxidation sites excluding steroid dienone is 1. The van der Waals surface area contributed by atoms with Crippen LogP contribution < -0.4 is 0 Å². The highest BCUT2D eigenvalue weighted by Crippen LogP contribution is 2.22. The fraction of sp³-hybridized carbons (Fsp3) is 0. The minimum Gasteiger partial charge on any atom is -0.287 e. The van der Waals surface area contributed by atoms with Crippen LogP contribution in [0.5, 0.6) is 0 Å². The molecule has 1 heterocycles. The maximum absolute atomic E-state index is 12.1. The van der Waals surface area contributed by atoms with Crippen molar-refractivity contribution < 1.29 is 9.72 Å². The first-order valence-corrected chi connectivity index (χ1v) is 7.27. The average Bonchev–Trinajstić information content (AvgIpc) is 2.97. The lowest BCUT2D eigenvalue weighted by Crippen LogP contribution is -1.92. The number of thiazole rings is 1. The molecule has 0 saturated carbocycles. The Hall–Kier alpha value is -2.86. The first-order chi connectivity index (χ1) is 10.6. The molecule has 0 atom stereocenters. The third-order valence-corrected chi connectivity index (χ3v) is 4.06. The normalized spacial score (nSPS) is 11.1. The molecule has 0 N–H and O–H groups in total. The van der Waals surface area contributed by atoms with Crippen LogP contribution in [0.1, 0.15) is 15.4 Å². The highest BCUT2D eigenvalue weighted by molar-refractivity contribution is 7.20. The Labute approximate surface area is 129 Å². The van der Waals surface area contributed by atoms with Gasteiger partial charge in [0, 0.05) is 12.1 Å². The van der Waals surface area contributed by atoms with Gasteiger partial charge in [0.1, 0.15) is 0 Å². The summed E-state index contributed by atoms with van der Waals surface area (Å²) in [5.74, 6) is -0.215. The minimum absolute atomic E-state index is 0.00501. The molecule has 2 aromatic carbocycles. The molecule has 3 aromatic rings. The number of nitro benzene ring substituents is 1.